The Labute approximate surface area is 165 Å². The van der Waals surface area contributed by atoms with E-state index < -0.39 is 5.41 Å². The Kier molecular flexibility index (Phi) is 4.05. The lowest BCUT2D eigenvalue weighted by Gasteiger charge is -2.26. The molecule has 5 rings (SSSR count). The molecule has 0 saturated heterocycles. The minimum atomic E-state index is -0.422. The van der Waals surface area contributed by atoms with Gasteiger partial charge in [0.15, 0.2) is 0 Å². The number of benzene rings is 2. The number of nitrogens with zero attached hydrogens (tertiary/aromatic N) is 1. The van der Waals surface area contributed by atoms with E-state index in [1.165, 1.54) is 0 Å². The summed E-state index contributed by atoms with van der Waals surface area (Å²) >= 11 is 1.68. The molecular weight excluding hydrogens is 372 g/mol. The number of para-hydroxylation sites is 1. The lowest BCUT2D eigenvalue weighted by Crippen LogP contribution is -2.35. The zero-order chi connectivity index (χ0) is 19.1. The molecule has 7 heteroatoms. The maximum Gasteiger partial charge on any atom is 0.323 e. The second-order valence-corrected chi connectivity index (χ2v) is 8.65. The molecule has 1 saturated carbocycles. The van der Waals surface area contributed by atoms with Gasteiger partial charge in [0.05, 0.1) is 31.7 Å². The topological polar surface area (TPSA) is 90.6 Å². The third-order valence-electron chi connectivity index (χ3n) is 5.64. The summed E-state index contributed by atoms with van der Waals surface area (Å²) in [7, 11) is 0. The van der Waals surface area contributed by atoms with Crippen molar-refractivity contribution in [2.24, 2.45) is 5.41 Å². The Balaban J connectivity index is 1.42. The second kappa shape index (κ2) is 6.60. The smallest absolute Gasteiger partial charge is 0.323 e. The first-order valence-corrected chi connectivity index (χ1v) is 10.3. The third-order valence-corrected chi connectivity index (χ3v) is 6.68. The molecular formula is C21H20N4O2S. The Morgan fingerprint density at radius 3 is 2.71 bits per heavy atom. The number of rotatable bonds is 4. The highest BCUT2D eigenvalue weighted by Crippen LogP contribution is 2.43. The van der Waals surface area contributed by atoms with Crippen molar-refractivity contribution in [2.45, 2.75) is 32.1 Å². The van der Waals surface area contributed by atoms with Crippen LogP contribution in [0, 0.1) is 5.41 Å². The molecule has 2 aromatic heterocycles. The lowest BCUT2D eigenvalue weighted by atomic mass is 9.81. The number of anilines is 1. The minimum Gasteiger partial charge on any atom is -0.326 e. The molecule has 0 bridgehead atoms. The molecule has 0 unspecified atom stereocenters. The molecule has 28 heavy (non-hydrogen) atoms. The first kappa shape index (κ1) is 17.2. The first-order chi connectivity index (χ1) is 13.6. The van der Waals surface area contributed by atoms with Crippen LogP contribution in [0.2, 0.25) is 0 Å². The van der Waals surface area contributed by atoms with Crippen LogP contribution >= 0.6 is 11.3 Å². The first-order valence-electron chi connectivity index (χ1n) is 9.49. The molecule has 1 fully saturated rings. The number of carbonyl (C=O) groups excluding carboxylic acids is 1. The molecule has 1 aliphatic rings. The van der Waals surface area contributed by atoms with E-state index in [2.05, 4.69) is 21.4 Å². The number of imidazole rings is 1. The highest BCUT2D eigenvalue weighted by Gasteiger charge is 2.42. The number of carbonyl (C=O) groups is 1. The molecule has 0 aliphatic heterocycles. The van der Waals surface area contributed by atoms with Crippen LogP contribution in [0.5, 0.6) is 0 Å². The molecule has 1 amide bonds. The number of aromatic amines is 2. The molecule has 4 aromatic rings. The van der Waals surface area contributed by atoms with Crippen LogP contribution in [-0.4, -0.2) is 20.9 Å². The number of H-pyrrole nitrogens is 2. The quantitative estimate of drug-likeness (QED) is 0.486. The summed E-state index contributed by atoms with van der Waals surface area (Å²) in [5.41, 5.74) is 2.44. The monoisotopic (exact) mass is 392 g/mol. The number of nitrogens with one attached hydrogen (secondary N) is 3. The molecule has 142 valence electrons. The molecule has 3 N–H and O–H groups in total. The maximum absolute atomic E-state index is 13.3. The van der Waals surface area contributed by atoms with Crippen molar-refractivity contribution < 1.29 is 4.79 Å². The SMILES string of the molecule is O=C(Nc1ccc2[nH]c(=O)[nH]c2c1)C1(Cc2nc3ccccc3s2)CCCC1. The van der Waals surface area contributed by atoms with Crippen molar-refractivity contribution in [1.82, 2.24) is 15.0 Å². The number of thiazole rings is 1. The fourth-order valence-corrected chi connectivity index (χ4v) is 5.31. The van der Waals surface area contributed by atoms with Gasteiger partial charge in [-0.15, -0.1) is 11.3 Å². The van der Waals surface area contributed by atoms with Crippen molar-refractivity contribution in [2.75, 3.05) is 5.32 Å². The van der Waals surface area contributed by atoms with E-state index in [1.807, 2.05) is 24.3 Å². The van der Waals surface area contributed by atoms with Crippen LogP contribution in [0.1, 0.15) is 30.7 Å². The van der Waals surface area contributed by atoms with Crippen molar-refractivity contribution in [1.29, 1.82) is 0 Å². The Hall–Kier alpha value is -2.93. The Morgan fingerprint density at radius 2 is 1.89 bits per heavy atom. The molecule has 1 aliphatic carbocycles. The van der Waals surface area contributed by atoms with E-state index >= 15 is 0 Å². The standard InChI is InChI=1S/C21H20N4O2S/c26-19(22-13-7-8-14-16(11-13)25-20(27)24-14)21(9-3-4-10-21)12-18-23-15-5-1-2-6-17(15)28-18/h1-2,5-8,11H,3-4,9-10,12H2,(H,22,26)(H2,24,25,27). The highest BCUT2D eigenvalue weighted by atomic mass is 32.1. The van der Waals surface area contributed by atoms with Gasteiger partial charge in [0.2, 0.25) is 5.91 Å². The molecule has 2 aromatic carbocycles. The Morgan fingerprint density at radius 1 is 1.11 bits per heavy atom. The average molecular weight is 392 g/mol. The fourth-order valence-electron chi connectivity index (χ4n) is 4.19. The fraction of sp³-hybridized carbons (Fsp3) is 0.286. The van der Waals surface area contributed by atoms with Gasteiger partial charge < -0.3 is 15.3 Å². The van der Waals surface area contributed by atoms with Crippen molar-refractivity contribution in [3.63, 3.8) is 0 Å². The number of amides is 1. The molecule has 0 atom stereocenters. The summed E-state index contributed by atoms with van der Waals surface area (Å²) in [5.74, 6) is 0.0430. The van der Waals surface area contributed by atoms with Crippen molar-refractivity contribution in [3.05, 3.63) is 58.0 Å². The zero-order valence-electron chi connectivity index (χ0n) is 15.2. The van der Waals surface area contributed by atoms with Crippen LogP contribution in [-0.2, 0) is 11.2 Å². The zero-order valence-corrected chi connectivity index (χ0v) is 16.1. The molecule has 6 nitrogen and oxygen atoms in total. The van der Waals surface area contributed by atoms with Gasteiger partial charge >= 0.3 is 5.69 Å². The average Bonchev–Trinajstić information content (AvgIpc) is 3.39. The lowest BCUT2D eigenvalue weighted by molar-refractivity contribution is -0.125. The maximum atomic E-state index is 13.3. The number of aromatic nitrogens is 3. The van der Waals surface area contributed by atoms with Gasteiger partial charge in [0.25, 0.3) is 0 Å². The minimum absolute atomic E-state index is 0.0430. The summed E-state index contributed by atoms with van der Waals surface area (Å²) < 4.78 is 1.16. The normalized spacial score (nSPS) is 16.0. The second-order valence-electron chi connectivity index (χ2n) is 7.53. The van der Waals surface area contributed by atoms with Crippen LogP contribution in [0.4, 0.5) is 5.69 Å². The highest BCUT2D eigenvalue weighted by molar-refractivity contribution is 7.18. The van der Waals surface area contributed by atoms with Crippen LogP contribution in [0.25, 0.3) is 21.3 Å². The van der Waals surface area contributed by atoms with Crippen LogP contribution in [0.3, 0.4) is 0 Å². The van der Waals surface area contributed by atoms with E-state index in [0.29, 0.717) is 17.6 Å². The van der Waals surface area contributed by atoms with Gasteiger partial charge in [-0.25, -0.2) is 9.78 Å². The van der Waals surface area contributed by atoms with Gasteiger partial charge in [-0.3, -0.25) is 4.79 Å². The summed E-state index contributed by atoms with van der Waals surface area (Å²) in [6, 6.07) is 13.5. The van der Waals surface area contributed by atoms with Gasteiger partial charge in [0.1, 0.15) is 0 Å². The predicted octanol–water partition coefficient (Wildman–Crippen LogP) is 4.21. The number of hydrogen-bond acceptors (Lipinski definition) is 4. The van der Waals surface area contributed by atoms with Gasteiger partial charge in [0, 0.05) is 12.1 Å². The largest absolute Gasteiger partial charge is 0.326 e. The van der Waals surface area contributed by atoms with Crippen LogP contribution < -0.4 is 11.0 Å². The van der Waals surface area contributed by atoms with E-state index in [9.17, 15) is 9.59 Å². The molecule has 0 spiro atoms. The van der Waals surface area contributed by atoms with Crippen molar-refractivity contribution in [3.8, 4) is 0 Å². The summed E-state index contributed by atoms with van der Waals surface area (Å²) in [6.45, 7) is 0. The number of hydrogen-bond donors (Lipinski definition) is 3. The van der Waals surface area contributed by atoms with E-state index in [-0.39, 0.29) is 11.6 Å². The van der Waals surface area contributed by atoms with Gasteiger partial charge in [-0.1, -0.05) is 25.0 Å². The van der Waals surface area contributed by atoms with E-state index in [0.717, 1.165) is 46.4 Å². The predicted molar refractivity (Wildman–Crippen MR) is 112 cm³/mol. The number of fused-ring (bicyclic) bond motifs is 2. The Bertz CT molecular complexity index is 1200. The van der Waals surface area contributed by atoms with E-state index in [4.69, 9.17) is 4.98 Å². The summed E-state index contributed by atoms with van der Waals surface area (Å²) in [5, 5.41) is 4.10. The van der Waals surface area contributed by atoms with E-state index in [1.54, 1.807) is 23.5 Å². The van der Waals surface area contributed by atoms with Gasteiger partial charge in [-0.05, 0) is 43.2 Å². The van der Waals surface area contributed by atoms with Crippen LogP contribution in [0.15, 0.2) is 47.3 Å². The van der Waals surface area contributed by atoms with Crippen molar-refractivity contribution >= 4 is 44.2 Å². The summed E-state index contributed by atoms with van der Waals surface area (Å²) in [6.07, 6.45) is 4.53. The van der Waals surface area contributed by atoms with Gasteiger partial charge in [-0.2, -0.15) is 0 Å². The third kappa shape index (κ3) is 3.01. The molecule has 0 radical (unpaired) electrons. The summed E-state index contributed by atoms with van der Waals surface area (Å²) in [4.78, 5) is 34.9. The molecule has 2 heterocycles.